The van der Waals surface area contributed by atoms with E-state index < -0.39 is 16.8 Å². The number of hydrogen-bond acceptors (Lipinski definition) is 5. The van der Waals surface area contributed by atoms with Gasteiger partial charge in [0.1, 0.15) is 11.0 Å². The van der Waals surface area contributed by atoms with Gasteiger partial charge in [-0.1, -0.05) is 23.7 Å². The third-order valence-corrected chi connectivity index (χ3v) is 3.01. The van der Waals surface area contributed by atoms with E-state index in [1.165, 1.54) is 36.4 Å². The summed E-state index contributed by atoms with van der Waals surface area (Å²) in [7, 11) is 0. The highest BCUT2D eigenvalue weighted by atomic mass is 35.5. The molecule has 0 aliphatic heterocycles. The Morgan fingerprint density at radius 3 is 2.57 bits per heavy atom. The van der Waals surface area contributed by atoms with Crippen molar-refractivity contribution in [2.24, 2.45) is 0 Å². The van der Waals surface area contributed by atoms with E-state index in [0.29, 0.717) is 5.56 Å². The molecule has 0 aliphatic carbocycles. The summed E-state index contributed by atoms with van der Waals surface area (Å²) in [6, 6.07) is 7.27. The van der Waals surface area contributed by atoms with Gasteiger partial charge in [0.05, 0.1) is 17.6 Å². The maximum absolute atomic E-state index is 12.9. The van der Waals surface area contributed by atoms with Crippen LogP contribution in [-0.2, 0) is 0 Å². The van der Waals surface area contributed by atoms with Gasteiger partial charge in [0.2, 0.25) is 5.82 Å². The van der Waals surface area contributed by atoms with Crippen molar-refractivity contribution in [3.05, 3.63) is 63.0 Å². The second-order valence-corrected chi connectivity index (χ2v) is 4.58. The first-order valence-electron chi connectivity index (χ1n) is 5.95. The number of aliphatic hydroxyl groups is 1. The van der Waals surface area contributed by atoms with Crippen LogP contribution in [0.4, 0.5) is 15.9 Å². The van der Waals surface area contributed by atoms with Crippen molar-refractivity contribution >= 4 is 23.1 Å². The average Bonchev–Trinajstić information content (AvgIpc) is 2.45. The number of nitrogens with one attached hydrogen (secondary N) is 1. The fourth-order valence-electron chi connectivity index (χ4n) is 1.78. The number of benzene rings is 1. The molecule has 21 heavy (non-hydrogen) atoms. The second kappa shape index (κ2) is 6.47. The Bertz CT molecular complexity index is 652. The normalized spacial score (nSPS) is 12.0. The minimum absolute atomic E-state index is 0.0594. The fourth-order valence-corrected chi connectivity index (χ4v) is 1.92. The number of pyridine rings is 1. The lowest BCUT2D eigenvalue weighted by atomic mass is 10.1. The van der Waals surface area contributed by atoms with Crippen molar-refractivity contribution in [3.63, 3.8) is 0 Å². The largest absolute Gasteiger partial charge is 0.394 e. The molecule has 6 nitrogen and oxygen atoms in total. The topological polar surface area (TPSA) is 88.3 Å². The molecule has 0 saturated carbocycles. The summed E-state index contributed by atoms with van der Waals surface area (Å²) in [5.74, 6) is -0.474. The molecule has 2 rings (SSSR count). The van der Waals surface area contributed by atoms with E-state index in [2.05, 4.69) is 10.3 Å². The maximum atomic E-state index is 12.9. The van der Waals surface area contributed by atoms with Crippen molar-refractivity contribution in [2.75, 3.05) is 11.9 Å². The number of rotatable bonds is 5. The average molecular weight is 312 g/mol. The van der Waals surface area contributed by atoms with Crippen molar-refractivity contribution < 1.29 is 14.4 Å². The summed E-state index contributed by atoms with van der Waals surface area (Å²) in [6.07, 6.45) is 0. The molecule has 0 saturated heterocycles. The first-order valence-corrected chi connectivity index (χ1v) is 6.33. The molecule has 8 heteroatoms. The van der Waals surface area contributed by atoms with E-state index in [4.69, 9.17) is 11.6 Å². The molecule has 2 aromatic rings. The highest BCUT2D eigenvalue weighted by Crippen LogP contribution is 2.27. The van der Waals surface area contributed by atoms with Crippen LogP contribution in [-0.4, -0.2) is 21.6 Å². The number of aromatic nitrogens is 1. The molecule has 1 aromatic carbocycles. The first-order chi connectivity index (χ1) is 10.0. The SMILES string of the molecule is O=[N+]([O-])c1ccc(Cl)nc1N[C@@H](CO)c1ccc(F)cc1. The van der Waals surface area contributed by atoms with E-state index in [0.717, 1.165) is 0 Å². The van der Waals surface area contributed by atoms with Gasteiger partial charge in [-0.3, -0.25) is 10.1 Å². The van der Waals surface area contributed by atoms with Gasteiger partial charge < -0.3 is 10.4 Å². The third kappa shape index (κ3) is 3.65. The van der Waals surface area contributed by atoms with Crippen LogP contribution in [0.15, 0.2) is 36.4 Å². The molecular formula is C13H11ClFN3O3. The van der Waals surface area contributed by atoms with Crippen LogP contribution in [0, 0.1) is 15.9 Å². The molecular weight excluding hydrogens is 301 g/mol. The smallest absolute Gasteiger partial charge is 0.311 e. The van der Waals surface area contributed by atoms with Gasteiger partial charge in [0.15, 0.2) is 0 Å². The number of hydrogen-bond donors (Lipinski definition) is 2. The van der Waals surface area contributed by atoms with Gasteiger partial charge in [-0.05, 0) is 23.8 Å². The summed E-state index contributed by atoms with van der Waals surface area (Å²) in [5, 5.41) is 23.2. The van der Waals surface area contributed by atoms with Gasteiger partial charge in [0.25, 0.3) is 0 Å². The van der Waals surface area contributed by atoms with Gasteiger partial charge in [-0.25, -0.2) is 9.37 Å². The monoisotopic (exact) mass is 311 g/mol. The Kier molecular flexibility index (Phi) is 4.66. The minimum Gasteiger partial charge on any atom is -0.394 e. The number of nitro groups is 1. The van der Waals surface area contributed by atoms with Crippen LogP contribution in [0.25, 0.3) is 0 Å². The van der Waals surface area contributed by atoms with Gasteiger partial charge >= 0.3 is 5.69 Å². The van der Waals surface area contributed by atoms with Crippen LogP contribution in [0.3, 0.4) is 0 Å². The summed E-state index contributed by atoms with van der Waals surface area (Å²) >= 11 is 5.73. The van der Waals surface area contributed by atoms with Crippen LogP contribution in [0.1, 0.15) is 11.6 Å². The van der Waals surface area contributed by atoms with Crippen molar-refractivity contribution in [1.29, 1.82) is 0 Å². The Labute approximate surface area is 124 Å². The number of anilines is 1. The van der Waals surface area contributed by atoms with Crippen molar-refractivity contribution in [2.45, 2.75) is 6.04 Å². The number of aliphatic hydroxyl groups excluding tert-OH is 1. The van der Waals surface area contributed by atoms with Crippen LogP contribution < -0.4 is 5.32 Å². The molecule has 1 atom stereocenters. The molecule has 0 spiro atoms. The first kappa shape index (κ1) is 15.1. The lowest BCUT2D eigenvalue weighted by Crippen LogP contribution is -2.16. The zero-order valence-electron chi connectivity index (χ0n) is 10.7. The Hall–Kier alpha value is -2.25. The fraction of sp³-hybridized carbons (Fsp3) is 0.154. The lowest BCUT2D eigenvalue weighted by molar-refractivity contribution is -0.384. The van der Waals surface area contributed by atoms with E-state index in [9.17, 15) is 19.6 Å². The minimum atomic E-state index is -0.671. The van der Waals surface area contributed by atoms with E-state index in [1.807, 2.05) is 0 Å². The molecule has 1 heterocycles. The molecule has 1 aromatic heterocycles. The summed E-state index contributed by atoms with van der Waals surface area (Å²) in [4.78, 5) is 14.2. The van der Waals surface area contributed by atoms with Gasteiger partial charge in [0, 0.05) is 6.07 Å². The van der Waals surface area contributed by atoms with Crippen LogP contribution >= 0.6 is 11.6 Å². The van der Waals surface area contributed by atoms with Crippen molar-refractivity contribution in [1.82, 2.24) is 4.98 Å². The molecule has 110 valence electrons. The number of halogens is 2. The quantitative estimate of drug-likeness (QED) is 0.503. The molecule has 2 N–H and O–H groups in total. The molecule has 0 radical (unpaired) electrons. The summed E-state index contributed by atoms with van der Waals surface area (Å²) < 4.78 is 12.9. The highest BCUT2D eigenvalue weighted by molar-refractivity contribution is 6.29. The van der Waals surface area contributed by atoms with Crippen LogP contribution in [0.5, 0.6) is 0 Å². The van der Waals surface area contributed by atoms with Crippen LogP contribution in [0.2, 0.25) is 5.15 Å². The van der Waals surface area contributed by atoms with E-state index in [1.54, 1.807) is 0 Å². The van der Waals surface area contributed by atoms with Crippen molar-refractivity contribution in [3.8, 4) is 0 Å². The zero-order chi connectivity index (χ0) is 15.4. The molecule has 0 bridgehead atoms. The second-order valence-electron chi connectivity index (χ2n) is 4.19. The summed E-state index contributed by atoms with van der Waals surface area (Å²) in [5.41, 5.74) is 0.301. The van der Waals surface area contributed by atoms with E-state index >= 15 is 0 Å². The van der Waals surface area contributed by atoms with Gasteiger partial charge in [-0.15, -0.1) is 0 Å². The Morgan fingerprint density at radius 2 is 2.00 bits per heavy atom. The summed E-state index contributed by atoms with van der Waals surface area (Å²) in [6.45, 7) is -0.350. The standard InChI is InChI=1S/C13H11ClFN3O3/c14-12-6-5-11(18(20)21)13(17-12)16-10(7-19)8-1-3-9(15)4-2-8/h1-6,10,19H,7H2,(H,16,17)/t10-/m0/s1. The molecule has 0 aliphatic rings. The lowest BCUT2D eigenvalue weighted by Gasteiger charge is -2.17. The highest BCUT2D eigenvalue weighted by Gasteiger charge is 2.20. The Balaban J connectivity index is 2.32. The molecule has 0 unspecified atom stereocenters. The predicted molar refractivity (Wildman–Crippen MR) is 75.8 cm³/mol. The predicted octanol–water partition coefficient (Wildman–Crippen LogP) is 2.93. The third-order valence-electron chi connectivity index (χ3n) is 2.80. The molecule has 0 fully saturated rings. The van der Waals surface area contributed by atoms with E-state index in [-0.39, 0.29) is 23.3 Å². The molecule has 0 amide bonds. The Morgan fingerprint density at radius 1 is 1.33 bits per heavy atom. The zero-order valence-corrected chi connectivity index (χ0v) is 11.4. The maximum Gasteiger partial charge on any atom is 0.311 e. The number of nitrogens with zero attached hydrogens (tertiary/aromatic N) is 2. The van der Waals surface area contributed by atoms with Gasteiger partial charge in [-0.2, -0.15) is 0 Å².